The molecule has 0 aromatic carbocycles. The highest BCUT2D eigenvalue weighted by Gasteiger charge is 2.26. The zero-order chi connectivity index (χ0) is 16.1. The van der Waals surface area contributed by atoms with Crippen molar-refractivity contribution in [3.63, 3.8) is 0 Å². The molecule has 2 rings (SSSR count). The van der Waals surface area contributed by atoms with Gasteiger partial charge in [-0.15, -0.1) is 11.3 Å². The second-order valence-corrected chi connectivity index (χ2v) is 7.23. The molecule has 0 aliphatic carbocycles. The van der Waals surface area contributed by atoms with E-state index in [9.17, 15) is 9.59 Å². The summed E-state index contributed by atoms with van der Waals surface area (Å²) in [5.74, 6) is -0.389. The van der Waals surface area contributed by atoms with E-state index in [1.807, 2.05) is 11.8 Å². The van der Waals surface area contributed by atoms with Crippen molar-refractivity contribution in [2.75, 3.05) is 26.2 Å². The maximum absolute atomic E-state index is 12.2. The molecule has 1 saturated heterocycles. The minimum atomic E-state index is -0.350. The van der Waals surface area contributed by atoms with Gasteiger partial charge in [0, 0.05) is 19.5 Å². The lowest BCUT2D eigenvalue weighted by Crippen LogP contribution is -2.46. The largest absolute Gasteiger partial charge is 0.369 e. The molecule has 6 nitrogen and oxygen atoms in total. The molecule has 1 aliphatic heterocycles. The number of thiazole rings is 1. The minimum Gasteiger partial charge on any atom is -0.369 e. The number of primary amides is 1. The van der Waals surface area contributed by atoms with E-state index in [2.05, 4.69) is 10.3 Å². The van der Waals surface area contributed by atoms with E-state index in [0.717, 1.165) is 30.1 Å². The van der Waals surface area contributed by atoms with Crippen LogP contribution >= 0.6 is 22.9 Å². The molecule has 1 aromatic heterocycles. The van der Waals surface area contributed by atoms with Crippen LogP contribution in [0.2, 0.25) is 4.34 Å². The van der Waals surface area contributed by atoms with Crippen LogP contribution in [0.25, 0.3) is 0 Å². The van der Waals surface area contributed by atoms with Gasteiger partial charge in [0.1, 0.15) is 4.34 Å². The van der Waals surface area contributed by atoms with Gasteiger partial charge in [-0.1, -0.05) is 11.6 Å². The summed E-state index contributed by atoms with van der Waals surface area (Å²) in [6, 6.07) is 0. The van der Waals surface area contributed by atoms with Gasteiger partial charge in [-0.25, -0.2) is 4.98 Å². The summed E-state index contributed by atoms with van der Waals surface area (Å²) in [4.78, 5) is 29.4. The number of likely N-dealkylation sites (tertiary alicyclic amines) is 1. The number of rotatable bonds is 6. The average molecular weight is 345 g/mol. The number of hydrogen-bond donors (Lipinski definition) is 2. The molecule has 0 unspecified atom stereocenters. The van der Waals surface area contributed by atoms with Gasteiger partial charge in [-0.2, -0.15) is 0 Å². The van der Waals surface area contributed by atoms with Gasteiger partial charge < -0.3 is 11.1 Å². The summed E-state index contributed by atoms with van der Waals surface area (Å²) in [5, 5.41) is 3.88. The van der Waals surface area contributed by atoms with E-state index in [0.29, 0.717) is 23.8 Å². The molecular weight excluding hydrogens is 324 g/mol. The van der Waals surface area contributed by atoms with Gasteiger partial charge in [-0.05, 0) is 26.3 Å². The van der Waals surface area contributed by atoms with Gasteiger partial charge in [0.05, 0.1) is 23.2 Å². The van der Waals surface area contributed by atoms with Crippen molar-refractivity contribution in [2.45, 2.75) is 26.2 Å². The van der Waals surface area contributed by atoms with Crippen LogP contribution < -0.4 is 11.1 Å². The number of amides is 2. The Morgan fingerprint density at radius 2 is 2.32 bits per heavy atom. The minimum absolute atomic E-state index is 0.0357. The third kappa shape index (κ3) is 4.93. The van der Waals surface area contributed by atoms with Gasteiger partial charge in [0.15, 0.2) is 0 Å². The predicted molar refractivity (Wildman–Crippen MR) is 86.9 cm³/mol. The average Bonchev–Trinajstić information content (AvgIpc) is 2.77. The number of nitrogens with two attached hydrogens (primary N) is 1. The van der Waals surface area contributed by atoms with Crippen LogP contribution in [0.4, 0.5) is 0 Å². The molecule has 0 radical (unpaired) electrons. The SMILES string of the molecule is Cc1nc(CCNC(=O)[C@@H]2CCCN(CC(N)=O)C2)sc1Cl. The number of piperidine rings is 1. The van der Waals surface area contributed by atoms with Crippen LogP contribution in [0.1, 0.15) is 23.5 Å². The highest BCUT2D eigenvalue weighted by Crippen LogP contribution is 2.23. The molecule has 0 saturated carbocycles. The molecule has 1 fully saturated rings. The lowest BCUT2D eigenvalue weighted by Gasteiger charge is -2.30. The van der Waals surface area contributed by atoms with Crippen molar-refractivity contribution in [3.05, 3.63) is 15.0 Å². The fraction of sp³-hybridized carbons (Fsp3) is 0.643. The first kappa shape index (κ1) is 17.2. The van der Waals surface area contributed by atoms with E-state index in [1.54, 1.807) is 0 Å². The topological polar surface area (TPSA) is 88.3 Å². The molecule has 0 bridgehead atoms. The third-order valence-electron chi connectivity index (χ3n) is 3.68. The van der Waals surface area contributed by atoms with Crippen LogP contribution in [0.5, 0.6) is 0 Å². The molecule has 0 spiro atoms. The molecule has 2 amide bonds. The fourth-order valence-corrected chi connectivity index (χ4v) is 3.70. The first-order valence-corrected chi connectivity index (χ1v) is 8.55. The van der Waals surface area contributed by atoms with E-state index in [4.69, 9.17) is 17.3 Å². The monoisotopic (exact) mass is 344 g/mol. The third-order valence-corrected chi connectivity index (χ3v) is 5.19. The molecule has 1 aliphatic rings. The van der Waals surface area contributed by atoms with Gasteiger partial charge >= 0.3 is 0 Å². The van der Waals surface area contributed by atoms with Crippen molar-refractivity contribution in [1.82, 2.24) is 15.2 Å². The number of carbonyl (C=O) groups excluding carboxylic acids is 2. The lowest BCUT2D eigenvalue weighted by atomic mass is 9.97. The predicted octanol–water partition coefficient (Wildman–Crippen LogP) is 0.961. The van der Waals surface area contributed by atoms with Crippen LogP contribution in [-0.2, 0) is 16.0 Å². The molecule has 3 N–H and O–H groups in total. The molecule has 1 atom stereocenters. The second kappa shape index (κ2) is 7.89. The number of aryl methyl sites for hydroxylation is 1. The normalized spacial score (nSPS) is 19.1. The van der Waals surface area contributed by atoms with Crippen molar-refractivity contribution in [1.29, 1.82) is 0 Å². The van der Waals surface area contributed by atoms with Gasteiger partial charge in [0.25, 0.3) is 0 Å². The highest BCUT2D eigenvalue weighted by molar-refractivity contribution is 7.16. The first-order valence-electron chi connectivity index (χ1n) is 7.36. The van der Waals surface area contributed by atoms with Crippen LogP contribution in [0.15, 0.2) is 0 Å². The summed E-state index contributed by atoms with van der Waals surface area (Å²) >= 11 is 7.43. The Morgan fingerprint density at radius 1 is 1.55 bits per heavy atom. The van der Waals surface area contributed by atoms with E-state index in [-0.39, 0.29) is 24.3 Å². The highest BCUT2D eigenvalue weighted by atomic mass is 35.5. The maximum atomic E-state index is 12.2. The summed E-state index contributed by atoms with van der Waals surface area (Å²) in [5.41, 5.74) is 6.04. The van der Waals surface area contributed by atoms with Crippen molar-refractivity contribution < 1.29 is 9.59 Å². The zero-order valence-electron chi connectivity index (χ0n) is 12.6. The Bertz CT molecular complexity index is 529. The van der Waals surface area contributed by atoms with Crippen molar-refractivity contribution in [3.8, 4) is 0 Å². The first-order chi connectivity index (χ1) is 10.5. The number of hydrogen-bond acceptors (Lipinski definition) is 5. The van der Waals surface area contributed by atoms with Crippen molar-refractivity contribution >= 4 is 34.8 Å². The number of aromatic nitrogens is 1. The number of nitrogens with zero attached hydrogens (tertiary/aromatic N) is 2. The quantitative estimate of drug-likeness (QED) is 0.804. The van der Waals surface area contributed by atoms with Crippen molar-refractivity contribution in [2.24, 2.45) is 11.7 Å². The summed E-state index contributed by atoms with van der Waals surface area (Å²) in [6.07, 6.45) is 2.44. The number of halogens is 1. The lowest BCUT2D eigenvalue weighted by molar-refractivity contribution is -0.128. The molecule has 122 valence electrons. The molecule has 2 heterocycles. The zero-order valence-corrected chi connectivity index (χ0v) is 14.2. The van der Waals surface area contributed by atoms with E-state index >= 15 is 0 Å². The van der Waals surface area contributed by atoms with Crippen LogP contribution in [0, 0.1) is 12.8 Å². The molecule has 22 heavy (non-hydrogen) atoms. The molecule has 8 heteroatoms. The van der Waals surface area contributed by atoms with Gasteiger partial charge in [0.2, 0.25) is 11.8 Å². The Hall–Kier alpha value is -1.18. The summed E-state index contributed by atoms with van der Waals surface area (Å²) in [6.45, 7) is 4.06. The van der Waals surface area contributed by atoms with E-state index in [1.165, 1.54) is 11.3 Å². The fourth-order valence-electron chi connectivity index (χ4n) is 2.61. The van der Waals surface area contributed by atoms with Crippen LogP contribution in [-0.4, -0.2) is 47.9 Å². The molecule has 1 aromatic rings. The standard InChI is InChI=1S/C14H21ClN4O2S/c1-9-13(15)22-12(18-9)4-5-17-14(21)10-3-2-6-19(7-10)8-11(16)20/h10H,2-8H2,1H3,(H2,16,20)(H,17,21)/t10-/m1/s1. The summed E-state index contributed by atoms with van der Waals surface area (Å²) in [7, 11) is 0. The molecular formula is C14H21ClN4O2S. The second-order valence-electron chi connectivity index (χ2n) is 5.55. The van der Waals surface area contributed by atoms with Crippen LogP contribution in [0.3, 0.4) is 0 Å². The Kier molecular flexibility index (Phi) is 6.16. The Balaban J connectivity index is 1.75. The smallest absolute Gasteiger partial charge is 0.231 e. The Labute approximate surface area is 139 Å². The summed E-state index contributed by atoms with van der Waals surface area (Å²) < 4.78 is 0.704. The van der Waals surface area contributed by atoms with E-state index < -0.39 is 0 Å². The number of carbonyl (C=O) groups is 2. The maximum Gasteiger partial charge on any atom is 0.231 e. The Morgan fingerprint density at radius 3 is 2.95 bits per heavy atom. The van der Waals surface area contributed by atoms with Gasteiger partial charge in [-0.3, -0.25) is 14.5 Å². The number of nitrogens with one attached hydrogen (secondary N) is 1.